The Morgan fingerprint density at radius 2 is 1.65 bits per heavy atom. The van der Waals surface area contributed by atoms with Crippen molar-refractivity contribution < 1.29 is 38.2 Å². The number of fused-ring (bicyclic) bond motifs is 1. The summed E-state index contributed by atoms with van der Waals surface area (Å²) < 4.78 is 25.9. The first-order chi connectivity index (χ1) is 21.0. The Hall–Kier alpha value is -2.68. The molecule has 46 heavy (non-hydrogen) atoms. The molecule has 11 nitrogen and oxygen atoms in total. The highest BCUT2D eigenvalue weighted by atomic mass is 32.2. The van der Waals surface area contributed by atoms with Crippen molar-refractivity contribution in [1.29, 1.82) is 0 Å². The van der Waals surface area contributed by atoms with Crippen LogP contribution in [0.5, 0.6) is 5.75 Å². The molecule has 2 aliphatic rings. The molecule has 2 amide bonds. The number of aliphatic hydroxyl groups is 1. The summed E-state index contributed by atoms with van der Waals surface area (Å²) >= 11 is 1.57. The lowest BCUT2D eigenvalue weighted by Crippen LogP contribution is -2.60. The fraction of sp³-hybridized carbons (Fsp3) is 0.576. The lowest BCUT2D eigenvalue weighted by atomic mass is 9.72. The molecule has 1 aliphatic carbocycles. The molecular formula is C33H51N3O8S2. The maximum absolute atomic E-state index is 13.5. The number of β-amino-alcohol motifs (C(OH)–C–C–N with tert-alkyl or cyclic N) is 1. The highest BCUT2D eigenvalue weighted by Crippen LogP contribution is 2.39. The molecule has 258 valence electrons. The van der Waals surface area contributed by atoms with Crippen molar-refractivity contribution in [2.24, 2.45) is 11.8 Å². The molecule has 2 fully saturated rings. The quantitative estimate of drug-likeness (QED) is 0.195. The van der Waals surface area contributed by atoms with Gasteiger partial charge < -0.3 is 26.3 Å². The van der Waals surface area contributed by atoms with Crippen molar-refractivity contribution in [1.82, 2.24) is 15.5 Å². The Bertz CT molecular complexity index is 1380. The van der Waals surface area contributed by atoms with E-state index in [0.29, 0.717) is 41.5 Å². The van der Waals surface area contributed by atoms with Crippen molar-refractivity contribution in [3.05, 3.63) is 59.7 Å². The van der Waals surface area contributed by atoms with E-state index in [0.717, 1.165) is 30.7 Å². The summed E-state index contributed by atoms with van der Waals surface area (Å²) in [7, 11) is -3.67. The van der Waals surface area contributed by atoms with Gasteiger partial charge in [-0.15, -0.1) is 11.8 Å². The van der Waals surface area contributed by atoms with E-state index in [2.05, 4.69) is 15.5 Å². The zero-order chi connectivity index (χ0) is 33.4. The van der Waals surface area contributed by atoms with Gasteiger partial charge in [-0.2, -0.15) is 8.42 Å². The predicted octanol–water partition coefficient (Wildman–Crippen LogP) is 3.43. The van der Waals surface area contributed by atoms with Gasteiger partial charge in [-0.05, 0) is 76.6 Å². The monoisotopic (exact) mass is 681 g/mol. The van der Waals surface area contributed by atoms with E-state index in [1.807, 2.05) is 51.1 Å². The number of phenolic OH excluding ortho intramolecular Hbond substituents is 1. The highest BCUT2D eigenvalue weighted by Gasteiger charge is 2.41. The lowest BCUT2D eigenvalue weighted by molar-refractivity contribution is -0.132. The molecule has 5 atom stereocenters. The number of likely N-dealkylation sites (tertiary alicyclic amines) is 1. The molecule has 0 unspecified atom stereocenters. The van der Waals surface area contributed by atoms with Crippen LogP contribution in [0.4, 0.5) is 0 Å². The Labute approximate surface area is 277 Å². The van der Waals surface area contributed by atoms with Gasteiger partial charge in [0, 0.05) is 40.4 Å². The van der Waals surface area contributed by atoms with E-state index in [1.54, 1.807) is 36.9 Å². The number of phenols is 1. The molecule has 0 radical (unpaired) electrons. The highest BCUT2D eigenvalue weighted by molar-refractivity contribution is 7.99. The minimum absolute atomic E-state index is 0. The molecular weight excluding hydrogens is 631 g/mol. The Kier molecular flexibility index (Phi) is 15.0. The third-order valence-corrected chi connectivity index (χ3v) is 9.36. The van der Waals surface area contributed by atoms with E-state index < -0.39 is 22.3 Å². The Morgan fingerprint density at radius 3 is 2.26 bits per heavy atom. The largest absolute Gasteiger partial charge is 0.508 e. The van der Waals surface area contributed by atoms with E-state index in [1.165, 1.54) is 12.8 Å². The molecule has 2 aromatic carbocycles. The third-order valence-electron chi connectivity index (χ3n) is 8.23. The summed E-state index contributed by atoms with van der Waals surface area (Å²) in [5.74, 6) is 1.27. The molecule has 0 spiro atoms. The third kappa shape index (κ3) is 12.8. The zero-order valence-electron chi connectivity index (χ0n) is 27.4. The number of aromatic hydroxyl groups is 1. The minimum atomic E-state index is -3.67. The topological polar surface area (TPSA) is 188 Å². The van der Waals surface area contributed by atoms with Gasteiger partial charge >= 0.3 is 0 Å². The maximum Gasteiger partial charge on any atom is 0.261 e. The number of rotatable bonds is 9. The van der Waals surface area contributed by atoms with Gasteiger partial charge in [-0.3, -0.25) is 19.0 Å². The van der Waals surface area contributed by atoms with Gasteiger partial charge in [0.2, 0.25) is 5.91 Å². The van der Waals surface area contributed by atoms with Crippen molar-refractivity contribution in [2.45, 2.75) is 88.4 Å². The fourth-order valence-electron chi connectivity index (χ4n) is 6.06. The minimum Gasteiger partial charge on any atom is -0.508 e. The second-order valence-electron chi connectivity index (χ2n) is 13.2. The molecule has 2 aromatic rings. The van der Waals surface area contributed by atoms with Crippen molar-refractivity contribution in [3.8, 4) is 5.75 Å². The van der Waals surface area contributed by atoms with Crippen LogP contribution in [0.15, 0.2) is 53.4 Å². The maximum atomic E-state index is 13.5. The molecule has 13 heteroatoms. The van der Waals surface area contributed by atoms with Gasteiger partial charge in [0.05, 0.1) is 24.4 Å². The van der Waals surface area contributed by atoms with Crippen LogP contribution in [-0.4, -0.2) is 94.2 Å². The smallest absolute Gasteiger partial charge is 0.261 e. The van der Waals surface area contributed by atoms with Crippen LogP contribution in [-0.2, 0) is 14.9 Å². The fourth-order valence-corrected chi connectivity index (χ4v) is 7.09. The zero-order valence-corrected chi connectivity index (χ0v) is 29.0. The van der Waals surface area contributed by atoms with Crippen LogP contribution in [0.2, 0.25) is 0 Å². The summed E-state index contributed by atoms with van der Waals surface area (Å²) in [6.07, 6.45) is 5.39. The first-order valence-corrected chi connectivity index (χ1v) is 18.3. The van der Waals surface area contributed by atoms with Crippen molar-refractivity contribution in [2.75, 3.05) is 25.1 Å². The van der Waals surface area contributed by atoms with Crippen LogP contribution in [0.1, 0.15) is 68.8 Å². The van der Waals surface area contributed by atoms with Crippen molar-refractivity contribution in [3.63, 3.8) is 0 Å². The van der Waals surface area contributed by atoms with Crippen LogP contribution < -0.4 is 10.6 Å². The van der Waals surface area contributed by atoms with Gasteiger partial charge in [0.1, 0.15) is 5.75 Å². The number of thioether (sulfide) groups is 1. The molecule has 7 N–H and O–H groups in total. The molecule has 0 aromatic heterocycles. The van der Waals surface area contributed by atoms with E-state index in [4.69, 9.17) is 4.55 Å². The van der Waals surface area contributed by atoms with Crippen LogP contribution in [0.25, 0.3) is 0 Å². The van der Waals surface area contributed by atoms with Crippen LogP contribution >= 0.6 is 11.8 Å². The molecule has 0 bridgehead atoms. The van der Waals surface area contributed by atoms with Gasteiger partial charge in [-0.1, -0.05) is 43.5 Å². The molecule has 1 saturated carbocycles. The summed E-state index contributed by atoms with van der Waals surface area (Å²) in [4.78, 5) is 30.0. The summed E-state index contributed by atoms with van der Waals surface area (Å²) in [6, 6.07) is 13.9. The number of carbonyl (C=O) groups is 2. The number of nitrogens with zero attached hydrogens (tertiary/aromatic N) is 1. The second-order valence-corrected chi connectivity index (χ2v) is 15.8. The van der Waals surface area contributed by atoms with Crippen LogP contribution in [0.3, 0.4) is 0 Å². The Balaban J connectivity index is 0.00000114. The molecule has 1 heterocycles. The summed E-state index contributed by atoms with van der Waals surface area (Å²) in [5, 5.41) is 28.0. The number of amides is 2. The van der Waals surface area contributed by atoms with Crippen molar-refractivity contribution >= 4 is 33.7 Å². The number of carbonyl (C=O) groups excluding carboxylic acids is 2. The summed E-state index contributed by atoms with van der Waals surface area (Å²) in [6.45, 7) is 8.76. The normalized spacial score (nSPS) is 21.3. The lowest BCUT2D eigenvalue weighted by Gasteiger charge is -2.47. The number of aliphatic hydroxyl groups excluding tert-OH is 1. The van der Waals surface area contributed by atoms with E-state index >= 15 is 0 Å². The average molecular weight is 682 g/mol. The number of hydrogen-bond acceptors (Lipinski definition) is 8. The Morgan fingerprint density at radius 1 is 1.04 bits per heavy atom. The SMILES string of the molecule is CS(=O)(=O)O.Cc1c(O)cccc1C(=O)N[C@@H](CSc1ccccc1)[C@H](O)CN1C[C@@H]2CCCC[C@@H]2C[C@@H]1C(=O)NC(C)(C)C.O. The van der Waals surface area contributed by atoms with Gasteiger partial charge in [-0.25, -0.2) is 0 Å². The standard InChI is InChI=1S/C32H45N3O4S.CH4O3S.H2O/c1-21-25(15-10-16-28(21)36)30(38)33-26(20-40-24-13-6-5-7-14-24)29(37)19-35-18-23-12-9-8-11-22(23)17-27(35)31(39)34-32(2,3)4;1-5(2,3)4;/h5-7,10,13-16,22-23,26-27,29,36-37H,8-9,11-12,17-20H2,1-4H3,(H,33,38)(H,34,39);1H3,(H,2,3,4);1H2/t22-,23+,26+,27-,29-;;/m1../s1. The van der Waals surface area contributed by atoms with E-state index in [9.17, 15) is 28.2 Å². The number of benzene rings is 2. The second kappa shape index (κ2) is 17.5. The first-order valence-electron chi connectivity index (χ1n) is 15.5. The number of hydrogen-bond donors (Lipinski definition) is 5. The number of nitrogens with one attached hydrogen (secondary N) is 2. The molecule has 4 rings (SSSR count). The van der Waals surface area contributed by atoms with Crippen LogP contribution in [0, 0.1) is 18.8 Å². The summed E-state index contributed by atoms with van der Waals surface area (Å²) in [5.41, 5.74) is 0.543. The molecule has 1 aliphatic heterocycles. The number of piperidine rings is 1. The first kappa shape index (κ1) is 39.5. The van der Waals surface area contributed by atoms with E-state index in [-0.39, 0.29) is 34.6 Å². The average Bonchev–Trinajstić information content (AvgIpc) is 2.95. The predicted molar refractivity (Wildman–Crippen MR) is 182 cm³/mol. The van der Waals surface area contributed by atoms with Gasteiger partial charge in [0.15, 0.2) is 0 Å². The molecule has 1 saturated heterocycles. The van der Waals surface area contributed by atoms with Gasteiger partial charge in [0.25, 0.3) is 16.0 Å².